The summed E-state index contributed by atoms with van der Waals surface area (Å²) in [6.07, 6.45) is 0.105. The first-order valence-corrected chi connectivity index (χ1v) is 11.0. The van der Waals surface area contributed by atoms with Crippen molar-refractivity contribution in [1.29, 1.82) is 0 Å². The van der Waals surface area contributed by atoms with Gasteiger partial charge in [-0.05, 0) is 49.7 Å². The van der Waals surface area contributed by atoms with Crippen LogP contribution in [0.4, 0.5) is 11.4 Å². The van der Waals surface area contributed by atoms with Crippen LogP contribution in [0.2, 0.25) is 0 Å². The van der Waals surface area contributed by atoms with Crippen LogP contribution in [0.15, 0.2) is 41.3 Å². The Labute approximate surface area is 180 Å². The molecule has 0 aromatic heterocycles. The van der Waals surface area contributed by atoms with E-state index < -0.39 is 27.8 Å². The van der Waals surface area contributed by atoms with E-state index in [0.29, 0.717) is 5.56 Å². The molecule has 164 valence electrons. The van der Waals surface area contributed by atoms with E-state index >= 15 is 0 Å². The monoisotopic (exact) mass is 446 g/mol. The number of methoxy groups -OCH3 is 1. The lowest BCUT2D eigenvalue weighted by atomic mass is 10.1. The molecule has 0 aliphatic carbocycles. The Hall–Kier alpha value is -3.40. The van der Waals surface area contributed by atoms with E-state index in [1.54, 1.807) is 26.0 Å². The lowest BCUT2D eigenvalue weighted by molar-refractivity contribution is -0.121. The molecular weight excluding hydrogens is 424 g/mol. The number of nitrogens with zero attached hydrogens (tertiary/aromatic N) is 1. The first kappa shape index (κ1) is 22.3. The van der Waals surface area contributed by atoms with E-state index in [1.165, 1.54) is 31.4 Å². The van der Waals surface area contributed by atoms with Crippen molar-refractivity contribution in [1.82, 2.24) is 0 Å². The third kappa shape index (κ3) is 4.53. The molecule has 10 heteroatoms. The molecule has 0 atom stereocenters. The van der Waals surface area contributed by atoms with Crippen molar-refractivity contribution >= 4 is 39.2 Å². The quantitative estimate of drug-likeness (QED) is 0.513. The average molecular weight is 446 g/mol. The fourth-order valence-electron chi connectivity index (χ4n) is 3.13. The van der Waals surface area contributed by atoms with Gasteiger partial charge < -0.3 is 9.47 Å². The molecule has 1 fully saturated rings. The SMILES string of the molecule is CCOC(=O)c1ccc(C)c(NS(=O)(=O)c2ccc(OC)c(N3C(=O)CCC3=O)c2)c1. The average Bonchev–Trinajstić information content (AvgIpc) is 3.07. The van der Waals surface area contributed by atoms with E-state index in [9.17, 15) is 22.8 Å². The van der Waals surface area contributed by atoms with E-state index in [-0.39, 0.29) is 47.0 Å². The Balaban J connectivity index is 1.99. The molecule has 31 heavy (non-hydrogen) atoms. The number of amides is 2. The first-order chi connectivity index (χ1) is 14.7. The van der Waals surface area contributed by atoms with E-state index in [2.05, 4.69) is 4.72 Å². The molecule has 1 aliphatic heterocycles. The smallest absolute Gasteiger partial charge is 0.338 e. The maximum atomic E-state index is 13.0. The summed E-state index contributed by atoms with van der Waals surface area (Å²) in [5.74, 6) is -1.23. The lowest BCUT2D eigenvalue weighted by Crippen LogP contribution is -2.29. The number of benzene rings is 2. The Morgan fingerprint density at radius 3 is 2.39 bits per heavy atom. The number of sulfonamides is 1. The van der Waals surface area contributed by atoms with Crippen molar-refractivity contribution in [3.63, 3.8) is 0 Å². The van der Waals surface area contributed by atoms with Crippen LogP contribution in [0.25, 0.3) is 0 Å². The van der Waals surface area contributed by atoms with Crippen LogP contribution in [0.3, 0.4) is 0 Å². The molecular formula is C21H22N2O7S. The Bertz CT molecular complexity index is 1140. The number of carbonyl (C=O) groups is 3. The zero-order valence-corrected chi connectivity index (χ0v) is 18.1. The molecule has 2 amide bonds. The largest absolute Gasteiger partial charge is 0.495 e. The van der Waals surface area contributed by atoms with Crippen LogP contribution >= 0.6 is 0 Å². The van der Waals surface area contributed by atoms with Gasteiger partial charge in [0.15, 0.2) is 0 Å². The van der Waals surface area contributed by atoms with E-state index in [0.717, 1.165) is 4.90 Å². The molecule has 0 bridgehead atoms. The highest BCUT2D eigenvalue weighted by Gasteiger charge is 2.33. The normalized spacial score (nSPS) is 14.0. The number of aryl methyl sites for hydroxylation is 1. The highest BCUT2D eigenvalue weighted by molar-refractivity contribution is 7.92. The van der Waals surface area contributed by atoms with Gasteiger partial charge in [0.25, 0.3) is 10.0 Å². The fraction of sp³-hybridized carbons (Fsp3) is 0.286. The van der Waals surface area contributed by atoms with Gasteiger partial charge in [-0.25, -0.2) is 18.1 Å². The molecule has 0 unspecified atom stereocenters. The van der Waals surface area contributed by atoms with Gasteiger partial charge in [-0.3, -0.25) is 14.3 Å². The van der Waals surface area contributed by atoms with Crippen molar-refractivity contribution < 1.29 is 32.3 Å². The minimum absolute atomic E-state index is 0.0526. The van der Waals surface area contributed by atoms with Crippen molar-refractivity contribution in [2.45, 2.75) is 31.6 Å². The molecule has 0 saturated carbocycles. The van der Waals surface area contributed by atoms with Crippen LogP contribution in [0.1, 0.15) is 35.7 Å². The summed E-state index contributed by atoms with van der Waals surface area (Å²) in [4.78, 5) is 37.0. The van der Waals surface area contributed by atoms with Gasteiger partial charge in [-0.1, -0.05) is 6.07 Å². The van der Waals surface area contributed by atoms with Crippen LogP contribution in [-0.2, 0) is 24.3 Å². The number of carbonyl (C=O) groups excluding carboxylic acids is 3. The molecule has 0 spiro atoms. The van der Waals surface area contributed by atoms with Crippen LogP contribution < -0.4 is 14.4 Å². The topological polar surface area (TPSA) is 119 Å². The Morgan fingerprint density at radius 2 is 1.77 bits per heavy atom. The van der Waals surface area contributed by atoms with Crippen molar-refractivity contribution in [2.24, 2.45) is 0 Å². The highest BCUT2D eigenvalue weighted by Crippen LogP contribution is 2.35. The highest BCUT2D eigenvalue weighted by atomic mass is 32.2. The number of anilines is 2. The summed E-state index contributed by atoms with van der Waals surface area (Å²) in [5, 5.41) is 0. The van der Waals surface area contributed by atoms with Gasteiger partial charge in [0.1, 0.15) is 5.75 Å². The van der Waals surface area contributed by atoms with E-state index in [1.807, 2.05) is 0 Å². The van der Waals surface area contributed by atoms with Gasteiger partial charge in [0.05, 0.1) is 35.6 Å². The Morgan fingerprint density at radius 1 is 1.10 bits per heavy atom. The summed E-state index contributed by atoms with van der Waals surface area (Å²) in [5.41, 5.74) is 1.07. The number of hydrogen-bond acceptors (Lipinski definition) is 7. The number of hydrogen-bond donors (Lipinski definition) is 1. The van der Waals surface area contributed by atoms with Gasteiger partial charge in [0.2, 0.25) is 11.8 Å². The van der Waals surface area contributed by atoms with Gasteiger partial charge in [0, 0.05) is 12.8 Å². The second kappa shape index (κ2) is 8.76. The zero-order valence-electron chi connectivity index (χ0n) is 17.3. The fourth-order valence-corrected chi connectivity index (χ4v) is 4.28. The maximum Gasteiger partial charge on any atom is 0.338 e. The summed E-state index contributed by atoms with van der Waals surface area (Å²) >= 11 is 0. The second-order valence-corrected chi connectivity index (χ2v) is 8.49. The third-order valence-electron chi connectivity index (χ3n) is 4.75. The molecule has 1 N–H and O–H groups in total. The number of nitrogens with one attached hydrogen (secondary N) is 1. The van der Waals surface area contributed by atoms with Gasteiger partial charge >= 0.3 is 5.97 Å². The third-order valence-corrected chi connectivity index (χ3v) is 6.11. The predicted octanol–water partition coefficient (Wildman–Crippen LogP) is 2.63. The standard InChI is InChI=1S/C21H22N2O7S/c1-4-30-21(26)14-6-5-13(2)16(11-14)22-31(27,28)15-7-8-18(29-3)17(12-15)23-19(24)9-10-20(23)25/h5-8,11-12,22H,4,9-10H2,1-3H3. The first-order valence-electron chi connectivity index (χ1n) is 9.52. The summed E-state index contributed by atoms with van der Waals surface area (Å²) in [7, 11) is -2.75. The van der Waals surface area contributed by atoms with Crippen LogP contribution in [-0.4, -0.2) is 39.9 Å². The zero-order chi connectivity index (χ0) is 22.8. The van der Waals surface area contributed by atoms with Gasteiger partial charge in [-0.15, -0.1) is 0 Å². The lowest BCUT2D eigenvalue weighted by Gasteiger charge is -2.19. The summed E-state index contributed by atoms with van der Waals surface area (Å²) < 4.78 is 38.7. The minimum Gasteiger partial charge on any atom is -0.495 e. The molecule has 0 radical (unpaired) electrons. The molecule has 2 aromatic rings. The number of rotatable bonds is 7. The molecule has 1 saturated heterocycles. The number of esters is 1. The van der Waals surface area contributed by atoms with Crippen molar-refractivity contribution in [3.05, 3.63) is 47.5 Å². The number of ether oxygens (including phenoxy) is 2. The second-order valence-electron chi connectivity index (χ2n) is 6.81. The molecule has 1 aliphatic rings. The van der Waals surface area contributed by atoms with Crippen molar-refractivity contribution in [2.75, 3.05) is 23.3 Å². The molecule has 3 rings (SSSR count). The Kier molecular flexibility index (Phi) is 6.30. The van der Waals surface area contributed by atoms with Gasteiger partial charge in [-0.2, -0.15) is 0 Å². The van der Waals surface area contributed by atoms with Crippen molar-refractivity contribution in [3.8, 4) is 5.75 Å². The van der Waals surface area contributed by atoms with Crippen LogP contribution in [0, 0.1) is 6.92 Å². The summed E-state index contributed by atoms with van der Waals surface area (Å²) in [6.45, 7) is 3.55. The summed E-state index contributed by atoms with van der Waals surface area (Å²) in [6, 6.07) is 8.44. The van der Waals surface area contributed by atoms with E-state index in [4.69, 9.17) is 9.47 Å². The number of imide groups is 1. The minimum atomic E-state index is -4.11. The molecule has 2 aromatic carbocycles. The maximum absolute atomic E-state index is 13.0. The molecule has 1 heterocycles. The molecule has 9 nitrogen and oxygen atoms in total. The van der Waals surface area contributed by atoms with Crippen LogP contribution in [0.5, 0.6) is 5.75 Å². The predicted molar refractivity (Wildman–Crippen MR) is 113 cm³/mol.